The minimum atomic E-state index is 0.237. The standard InChI is InChI=1S/C16H18Cl2N2O2/c1-10-6-20(7-11(2)22-10)8-13-9-21-16(19-13)14-4-3-12(17)5-15(14)18/h3-5,9-11H,6-8H2,1-2H3. The van der Waals surface area contributed by atoms with E-state index in [2.05, 4.69) is 23.7 Å². The fraction of sp³-hybridized carbons (Fsp3) is 0.438. The summed E-state index contributed by atoms with van der Waals surface area (Å²) in [6, 6.07) is 5.28. The van der Waals surface area contributed by atoms with E-state index in [0.29, 0.717) is 15.9 Å². The van der Waals surface area contributed by atoms with Gasteiger partial charge in [0.15, 0.2) is 0 Å². The summed E-state index contributed by atoms with van der Waals surface area (Å²) in [4.78, 5) is 6.86. The number of hydrogen-bond donors (Lipinski definition) is 0. The molecule has 1 aliphatic rings. The SMILES string of the molecule is CC1CN(Cc2coc(-c3ccc(Cl)cc3Cl)n2)CC(C)O1. The van der Waals surface area contributed by atoms with Crippen LogP contribution in [0.1, 0.15) is 19.5 Å². The maximum atomic E-state index is 6.19. The molecule has 1 aliphatic heterocycles. The van der Waals surface area contributed by atoms with Gasteiger partial charge in [0.05, 0.1) is 28.5 Å². The maximum Gasteiger partial charge on any atom is 0.227 e. The average Bonchev–Trinajstić information content (AvgIpc) is 2.85. The molecule has 118 valence electrons. The van der Waals surface area contributed by atoms with E-state index in [1.165, 1.54) is 0 Å². The fourth-order valence-electron chi connectivity index (χ4n) is 2.81. The van der Waals surface area contributed by atoms with Crippen LogP contribution in [0.2, 0.25) is 10.0 Å². The van der Waals surface area contributed by atoms with E-state index in [4.69, 9.17) is 32.4 Å². The summed E-state index contributed by atoms with van der Waals surface area (Å²) < 4.78 is 11.3. The summed E-state index contributed by atoms with van der Waals surface area (Å²) in [6.07, 6.45) is 2.16. The molecule has 0 spiro atoms. The summed E-state index contributed by atoms with van der Waals surface area (Å²) in [6.45, 7) is 6.71. The summed E-state index contributed by atoms with van der Waals surface area (Å²) in [5, 5.41) is 1.13. The largest absolute Gasteiger partial charge is 0.444 e. The normalized spacial score (nSPS) is 22.9. The smallest absolute Gasteiger partial charge is 0.227 e. The Morgan fingerprint density at radius 2 is 1.95 bits per heavy atom. The van der Waals surface area contributed by atoms with E-state index >= 15 is 0 Å². The van der Waals surface area contributed by atoms with Crippen molar-refractivity contribution < 1.29 is 9.15 Å². The van der Waals surface area contributed by atoms with Crippen molar-refractivity contribution in [2.45, 2.75) is 32.6 Å². The van der Waals surface area contributed by atoms with Crippen LogP contribution in [0.25, 0.3) is 11.5 Å². The monoisotopic (exact) mass is 340 g/mol. The fourth-order valence-corrected chi connectivity index (χ4v) is 3.30. The van der Waals surface area contributed by atoms with Gasteiger partial charge in [-0.1, -0.05) is 23.2 Å². The first-order valence-electron chi connectivity index (χ1n) is 7.29. The molecule has 4 nitrogen and oxygen atoms in total. The summed E-state index contributed by atoms with van der Waals surface area (Å²) in [5.41, 5.74) is 1.64. The molecular formula is C16H18Cl2N2O2. The molecule has 6 heteroatoms. The van der Waals surface area contributed by atoms with E-state index in [1.54, 1.807) is 18.4 Å². The van der Waals surface area contributed by atoms with Crippen molar-refractivity contribution in [2.24, 2.45) is 0 Å². The Morgan fingerprint density at radius 1 is 1.23 bits per heavy atom. The molecule has 0 N–H and O–H groups in total. The van der Waals surface area contributed by atoms with Crippen molar-refractivity contribution >= 4 is 23.2 Å². The molecule has 0 amide bonds. The first-order chi connectivity index (χ1) is 10.5. The second-order valence-electron chi connectivity index (χ2n) is 5.72. The van der Waals surface area contributed by atoms with E-state index in [0.717, 1.165) is 30.9 Å². The van der Waals surface area contributed by atoms with Gasteiger partial charge in [-0.3, -0.25) is 4.90 Å². The van der Waals surface area contributed by atoms with Gasteiger partial charge in [-0.25, -0.2) is 4.98 Å². The van der Waals surface area contributed by atoms with Gasteiger partial charge in [0, 0.05) is 24.7 Å². The molecule has 0 aliphatic carbocycles. The first kappa shape index (κ1) is 15.8. The quantitative estimate of drug-likeness (QED) is 0.836. The second kappa shape index (κ2) is 6.59. The number of morpholine rings is 1. The topological polar surface area (TPSA) is 38.5 Å². The van der Waals surface area contributed by atoms with Crippen molar-refractivity contribution in [1.29, 1.82) is 0 Å². The van der Waals surface area contributed by atoms with Gasteiger partial charge in [-0.2, -0.15) is 0 Å². The van der Waals surface area contributed by atoms with Crippen LogP contribution in [0.3, 0.4) is 0 Å². The van der Waals surface area contributed by atoms with Gasteiger partial charge in [0.1, 0.15) is 6.26 Å². The molecule has 2 unspecified atom stereocenters. The molecule has 2 aromatic rings. The molecule has 2 atom stereocenters. The predicted molar refractivity (Wildman–Crippen MR) is 87.2 cm³/mol. The number of hydrogen-bond acceptors (Lipinski definition) is 4. The van der Waals surface area contributed by atoms with Crippen LogP contribution in [-0.2, 0) is 11.3 Å². The van der Waals surface area contributed by atoms with Gasteiger partial charge in [-0.05, 0) is 32.0 Å². The zero-order valence-corrected chi connectivity index (χ0v) is 14.1. The number of rotatable bonds is 3. The molecule has 1 fully saturated rings. The minimum Gasteiger partial charge on any atom is -0.444 e. The number of halogens is 2. The van der Waals surface area contributed by atoms with Gasteiger partial charge in [0.2, 0.25) is 5.89 Å². The first-order valence-corrected chi connectivity index (χ1v) is 8.04. The molecule has 22 heavy (non-hydrogen) atoms. The van der Waals surface area contributed by atoms with Crippen LogP contribution in [-0.4, -0.2) is 35.2 Å². The summed E-state index contributed by atoms with van der Waals surface area (Å²) in [7, 11) is 0. The Bertz CT molecular complexity index is 649. The van der Waals surface area contributed by atoms with E-state index < -0.39 is 0 Å². The molecule has 0 saturated carbocycles. The Labute approximate surface area is 140 Å². The Hall–Kier alpha value is -1.07. The van der Waals surface area contributed by atoms with Crippen LogP contribution in [0.4, 0.5) is 0 Å². The lowest BCUT2D eigenvalue weighted by Crippen LogP contribution is -2.44. The Morgan fingerprint density at radius 3 is 2.64 bits per heavy atom. The molecule has 2 heterocycles. The van der Waals surface area contributed by atoms with Crippen molar-refractivity contribution in [2.75, 3.05) is 13.1 Å². The lowest BCUT2D eigenvalue weighted by Gasteiger charge is -2.34. The van der Waals surface area contributed by atoms with Gasteiger partial charge in [0.25, 0.3) is 0 Å². The molecular weight excluding hydrogens is 323 g/mol. The van der Waals surface area contributed by atoms with Gasteiger partial charge >= 0.3 is 0 Å². The highest BCUT2D eigenvalue weighted by Gasteiger charge is 2.23. The second-order valence-corrected chi connectivity index (χ2v) is 6.56. The summed E-state index contributed by atoms with van der Waals surface area (Å²) >= 11 is 12.1. The molecule has 0 radical (unpaired) electrons. The van der Waals surface area contributed by atoms with Gasteiger partial charge < -0.3 is 9.15 Å². The number of ether oxygens (including phenoxy) is 1. The molecule has 1 aromatic heterocycles. The van der Waals surface area contributed by atoms with Crippen LogP contribution >= 0.6 is 23.2 Å². The number of oxazole rings is 1. The van der Waals surface area contributed by atoms with Crippen molar-refractivity contribution in [1.82, 2.24) is 9.88 Å². The van der Waals surface area contributed by atoms with Crippen molar-refractivity contribution in [3.05, 3.63) is 40.2 Å². The number of aromatic nitrogens is 1. The average molecular weight is 341 g/mol. The number of nitrogens with zero attached hydrogens (tertiary/aromatic N) is 2. The van der Waals surface area contributed by atoms with E-state index in [-0.39, 0.29) is 12.2 Å². The lowest BCUT2D eigenvalue weighted by molar-refractivity contribution is -0.0707. The highest BCUT2D eigenvalue weighted by Crippen LogP contribution is 2.30. The molecule has 0 bridgehead atoms. The third-order valence-corrected chi connectivity index (χ3v) is 4.14. The summed E-state index contributed by atoms with van der Waals surface area (Å²) in [5.74, 6) is 0.519. The maximum absolute atomic E-state index is 6.19. The van der Waals surface area contributed by atoms with Crippen LogP contribution in [0, 0.1) is 0 Å². The lowest BCUT2D eigenvalue weighted by atomic mass is 10.2. The van der Waals surface area contributed by atoms with E-state index in [9.17, 15) is 0 Å². The third kappa shape index (κ3) is 3.63. The zero-order chi connectivity index (χ0) is 15.7. The third-order valence-electron chi connectivity index (χ3n) is 3.59. The highest BCUT2D eigenvalue weighted by molar-refractivity contribution is 6.36. The van der Waals surface area contributed by atoms with Gasteiger partial charge in [-0.15, -0.1) is 0 Å². The predicted octanol–water partition coefficient (Wildman–Crippen LogP) is 4.26. The Kier molecular flexibility index (Phi) is 4.73. The molecule has 1 aromatic carbocycles. The Balaban J connectivity index is 1.73. The zero-order valence-electron chi connectivity index (χ0n) is 12.6. The van der Waals surface area contributed by atoms with E-state index in [1.807, 2.05) is 6.07 Å². The molecule has 3 rings (SSSR count). The van der Waals surface area contributed by atoms with Crippen LogP contribution < -0.4 is 0 Å². The van der Waals surface area contributed by atoms with Crippen LogP contribution in [0.15, 0.2) is 28.9 Å². The minimum absolute atomic E-state index is 0.237. The van der Waals surface area contributed by atoms with Crippen molar-refractivity contribution in [3.8, 4) is 11.5 Å². The van der Waals surface area contributed by atoms with Crippen LogP contribution in [0.5, 0.6) is 0 Å². The highest BCUT2D eigenvalue weighted by atomic mass is 35.5. The molecule has 1 saturated heterocycles. The number of benzene rings is 1. The van der Waals surface area contributed by atoms with Crippen molar-refractivity contribution in [3.63, 3.8) is 0 Å².